The van der Waals surface area contributed by atoms with Crippen molar-refractivity contribution in [3.8, 4) is 0 Å². The van der Waals surface area contributed by atoms with Crippen molar-refractivity contribution in [1.82, 2.24) is 0 Å². The second kappa shape index (κ2) is 4.26. The van der Waals surface area contributed by atoms with Crippen LogP contribution in [0.4, 0.5) is 0 Å². The Balaban J connectivity index is 2.81. The number of allylic oxidation sites excluding steroid dienone is 8. The van der Waals surface area contributed by atoms with E-state index in [-0.39, 0.29) is 10.8 Å². The van der Waals surface area contributed by atoms with Gasteiger partial charge in [0.1, 0.15) is 0 Å². The van der Waals surface area contributed by atoms with Crippen molar-refractivity contribution in [2.75, 3.05) is 0 Å². The van der Waals surface area contributed by atoms with Gasteiger partial charge in [-0.05, 0) is 51.7 Å². The zero-order chi connectivity index (χ0) is 13.6. The Bertz CT molecular complexity index is 438. The molecule has 0 aromatic rings. The third-order valence-electron chi connectivity index (χ3n) is 5.49. The van der Waals surface area contributed by atoms with E-state index in [1.807, 2.05) is 0 Å². The normalized spacial score (nSPS) is 39.2. The van der Waals surface area contributed by atoms with Gasteiger partial charge in [0.25, 0.3) is 0 Å². The van der Waals surface area contributed by atoms with Gasteiger partial charge in [-0.3, -0.25) is 0 Å². The van der Waals surface area contributed by atoms with E-state index < -0.39 is 0 Å². The van der Waals surface area contributed by atoms with Crippen LogP contribution < -0.4 is 0 Å². The number of hydrogen-bond acceptors (Lipinski definition) is 0. The molecule has 18 heavy (non-hydrogen) atoms. The lowest BCUT2D eigenvalue weighted by molar-refractivity contribution is 0.220. The maximum Gasteiger partial charge on any atom is 0.0290 e. The van der Waals surface area contributed by atoms with Gasteiger partial charge in [-0.1, -0.05) is 49.3 Å². The standard InChI is InChI=1S/C18H26/c1-7-15-11-13(5)18(10-4)16(8-2)12-14(6)17(15,18)9-3/h7-8,11-12H,9-10H2,1-6H3/b15-7-,16-8-. The van der Waals surface area contributed by atoms with Gasteiger partial charge in [-0.15, -0.1) is 0 Å². The molecule has 0 bridgehead atoms. The number of fused-ring (bicyclic) bond motifs is 1. The maximum absolute atomic E-state index is 2.44. The fraction of sp³-hybridized carbons (Fsp3) is 0.556. The van der Waals surface area contributed by atoms with Gasteiger partial charge in [0.15, 0.2) is 0 Å². The van der Waals surface area contributed by atoms with Crippen molar-refractivity contribution in [2.45, 2.75) is 54.4 Å². The second-order valence-electron chi connectivity index (χ2n) is 5.66. The molecule has 0 spiro atoms. The van der Waals surface area contributed by atoms with Crippen LogP contribution in [0.5, 0.6) is 0 Å². The predicted molar refractivity (Wildman–Crippen MR) is 80.5 cm³/mol. The molecule has 0 saturated carbocycles. The average Bonchev–Trinajstić information content (AvgIpc) is 2.79. The minimum atomic E-state index is 0.225. The summed E-state index contributed by atoms with van der Waals surface area (Å²) in [4.78, 5) is 0. The molecule has 0 aromatic carbocycles. The van der Waals surface area contributed by atoms with Crippen LogP contribution in [-0.2, 0) is 0 Å². The predicted octanol–water partition coefficient (Wildman–Crippen LogP) is 5.59. The van der Waals surface area contributed by atoms with Crippen LogP contribution in [0, 0.1) is 10.8 Å². The van der Waals surface area contributed by atoms with Crippen LogP contribution in [0.1, 0.15) is 54.4 Å². The molecule has 2 aliphatic rings. The van der Waals surface area contributed by atoms with E-state index in [2.05, 4.69) is 65.8 Å². The van der Waals surface area contributed by atoms with Gasteiger partial charge < -0.3 is 0 Å². The third-order valence-corrected chi connectivity index (χ3v) is 5.49. The molecule has 2 rings (SSSR count). The van der Waals surface area contributed by atoms with E-state index in [0.29, 0.717) is 0 Å². The van der Waals surface area contributed by atoms with Crippen LogP contribution in [0.2, 0.25) is 0 Å². The molecule has 0 aromatic heterocycles. The van der Waals surface area contributed by atoms with E-state index in [1.54, 1.807) is 11.1 Å². The summed E-state index contributed by atoms with van der Waals surface area (Å²) < 4.78 is 0. The van der Waals surface area contributed by atoms with Crippen molar-refractivity contribution in [1.29, 1.82) is 0 Å². The summed E-state index contributed by atoms with van der Waals surface area (Å²) in [5.41, 5.74) is 6.58. The Labute approximate surface area is 112 Å². The monoisotopic (exact) mass is 242 g/mol. The Morgan fingerprint density at radius 2 is 1.17 bits per heavy atom. The summed E-state index contributed by atoms with van der Waals surface area (Å²) in [5.74, 6) is 0. The summed E-state index contributed by atoms with van der Waals surface area (Å²) in [7, 11) is 0. The molecule has 2 aliphatic carbocycles. The summed E-state index contributed by atoms with van der Waals surface area (Å²) in [5, 5.41) is 0. The first-order chi connectivity index (χ1) is 8.54. The largest absolute Gasteiger partial charge is 0.0835 e. The topological polar surface area (TPSA) is 0 Å². The number of rotatable bonds is 2. The summed E-state index contributed by atoms with van der Waals surface area (Å²) >= 11 is 0. The molecule has 0 fully saturated rings. The van der Waals surface area contributed by atoms with Gasteiger partial charge >= 0.3 is 0 Å². The lowest BCUT2D eigenvalue weighted by atomic mass is 9.57. The highest BCUT2D eigenvalue weighted by molar-refractivity contribution is 5.62. The van der Waals surface area contributed by atoms with Gasteiger partial charge in [-0.2, -0.15) is 0 Å². The summed E-state index contributed by atoms with van der Waals surface area (Å²) in [6.07, 6.45) is 11.9. The molecule has 0 N–H and O–H groups in total. The van der Waals surface area contributed by atoms with Crippen LogP contribution in [0.3, 0.4) is 0 Å². The Morgan fingerprint density at radius 1 is 0.833 bits per heavy atom. The summed E-state index contributed by atoms with van der Waals surface area (Å²) in [6.45, 7) is 13.7. The van der Waals surface area contributed by atoms with Gasteiger partial charge in [0.05, 0.1) is 0 Å². The lowest BCUT2D eigenvalue weighted by Crippen LogP contribution is -2.38. The molecule has 0 radical (unpaired) electrons. The van der Waals surface area contributed by atoms with E-state index in [0.717, 1.165) is 0 Å². The van der Waals surface area contributed by atoms with Gasteiger partial charge in [0.2, 0.25) is 0 Å². The molecular formula is C18H26. The second-order valence-corrected chi connectivity index (χ2v) is 5.66. The SMILES string of the molecule is C/C=C1/C=C(C)C2(CC)/C(=C\C)C=C(C)C12CC. The molecule has 0 amide bonds. The first kappa shape index (κ1) is 13.4. The quantitative estimate of drug-likeness (QED) is 0.592. The molecule has 0 nitrogen and oxygen atoms in total. The highest BCUT2D eigenvalue weighted by Gasteiger charge is 2.60. The third kappa shape index (κ3) is 1.17. The maximum atomic E-state index is 2.44. The van der Waals surface area contributed by atoms with Crippen molar-refractivity contribution < 1.29 is 0 Å². The zero-order valence-corrected chi connectivity index (χ0v) is 12.7. The van der Waals surface area contributed by atoms with Gasteiger partial charge in [-0.25, -0.2) is 0 Å². The number of hydrogen-bond donors (Lipinski definition) is 0. The highest BCUT2D eigenvalue weighted by Crippen LogP contribution is 2.69. The average molecular weight is 242 g/mol. The molecule has 98 valence electrons. The van der Waals surface area contributed by atoms with Crippen LogP contribution in [0.25, 0.3) is 0 Å². The zero-order valence-electron chi connectivity index (χ0n) is 12.7. The molecule has 0 heterocycles. The van der Waals surface area contributed by atoms with E-state index in [9.17, 15) is 0 Å². The Kier molecular flexibility index (Phi) is 3.17. The molecule has 2 atom stereocenters. The lowest BCUT2D eigenvalue weighted by Gasteiger charge is -2.45. The van der Waals surface area contributed by atoms with Crippen LogP contribution in [0.15, 0.2) is 46.6 Å². The molecule has 0 aliphatic heterocycles. The van der Waals surface area contributed by atoms with Crippen molar-refractivity contribution >= 4 is 0 Å². The fourth-order valence-electron chi connectivity index (χ4n) is 4.81. The smallest absolute Gasteiger partial charge is 0.0290 e. The fourth-order valence-corrected chi connectivity index (χ4v) is 4.81. The Morgan fingerprint density at radius 3 is 1.39 bits per heavy atom. The molecule has 0 heteroatoms. The van der Waals surface area contributed by atoms with Crippen molar-refractivity contribution in [3.05, 3.63) is 46.6 Å². The first-order valence-corrected chi connectivity index (χ1v) is 7.26. The van der Waals surface area contributed by atoms with Crippen molar-refractivity contribution in [2.24, 2.45) is 10.8 Å². The first-order valence-electron chi connectivity index (χ1n) is 7.26. The van der Waals surface area contributed by atoms with E-state index in [1.165, 1.54) is 24.0 Å². The van der Waals surface area contributed by atoms with Crippen LogP contribution in [-0.4, -0.2) is 0 Å². The molecule has 2 unspecified atom stereocenters. The highest BCUT2D eigenvalue weighted by atomic mass is 14.6. The van der Waals surface area contributed by atoms with E-state index in [4.69, 9.17) is 0 Å². The Hall–Kier alpha value is -1.04. The minimum absolute atomic E-state index is 0.225. The minimum Gasteiger partial charge on any atom is -0.0835 e. The van der Waals surface area contributed by atoms with Gasteiger partial charge in [0, 0.05) is 10.8 Å². The summed E-state index contributed by atoms with van der Waals surface area (Å²) in [6, 6.07) is 0. The van der Waals surface area contributed by atoms with Crippen LogP contribution >= 0.6 is 0 Å². The van der Waals surface area contributed by atoms with E-state index >= 15 is 0 Å². The molecule has 0 saturated heterocycles. The molecular weight excluding hydrogens is 216 g/mol. The van der Waals surface area contributed by atoms with Crippen molar-refractivity contribution in [3.63, 3.8) is 0 Å².